The first kappa shape index (κ1) is 13.1. The van der Waals surface area contributed by atoms with E-state index in [0.29, 0.717) is 0 Å². The maximum atomic E-state index is 13.3. The number of nitrogens with zero attached hydrogens (tertiary/aromatic N) is 1. The van der Waals surface area contributed by atoms with Crippen LogP contribution in [0, 0.1) is 5.82 Å². The maximum Gasteiger partial charge on any atom is 0.123 e. The van der Waals surface area contributed by atoms with E-state index >= 15 is 0 Å². The van der Waals surface area contributed by atoms with Crippen LogP contribution in [0.1, 0.15) is 11.1 Å². The highest BCUT2D eigenvalue weighted by Gasteiger charge is 2.21. The Bertz CT molecular complexity index is 760. The molecule has 1 heterocycles. The molecule has 0 N–H and O–H groups in total. The number of anilines is 3. The van der Waals surface area contributed by atoms with Gasteiger partial charge >= 0.3 is 0 Å². The zero-order chi connectivity index (χ0) is 14.9. The molecule has 0 saturated carbocycles. The van der Waals surface area contributed by atoms with Crippen LogP contribution in [0.3, 0.4) is 0 Å². The predicted molar refractivity (Wildman–Crippen MR) is 88.5 cm³/mol. The SMILES string of the molecule is Fc1ccc(N2c3ccccc3CCc3ccccc32)cc1. The molecular weight excluding hydrogens is 273 g/mol. The lowest BCUT2D eigenvalue weighted by molar-refractivity contribution is 0.628. The Morgan fingerprint density at radius 1 is 0.636 bits per heavy atom. The number of hydrogen-bond acceptors (Lipinski definition) is 1. The second-order valence-electron chi connectivity index (χ2n) is 5.57. The quantitative estimate of drug-likeness (QED) is 0.580. The van der Waals surface area contributed by atoms with E-state index in [1.165, 1.54) is 34.6 Å². The summed E-state index contributed by atoms with van der Waals surface area (Å²) in [5.74, 6) is -0.208. The van der Waals surface area contributed by atoms with Gasteiger partial charge in [0.15, 0.2) is 0 Å². The molecule has 1 aliphatic rings. The van der Waals surface area contributed by atoms with Gasteiger partial charge in [-0.3, -0.25) is 0 Å². The van der Waals surface area contributed by atoms with Crippen LogP contribution in [-0.4, -0.2) is 0 Å². The van der Waals surface area contributed by atoms with Crippen LogP contribution in [-0.2, 0) is 12.8 Å². The molecule has 0 spiro atoms. The van der Waals surface area contributed by atoms with Crippen LogP contribution >= 0.6 is 0 Å². The summed E-state index contributed by atoms with van der Waals surface area (Å²) >= 11 is 0. The first-order valence-electron chi connectivity index (χ1n) is 7.54. The van der Waals surface area contributed by atoms with Crippen molar-refractivity contribution >= 4 is 17.1 Å². The largest absolute Gasteiger partial charge is 0.310 e. The van der Waals surface area contributed by atoms with Crippen molar-refractivity contribution in [3.63, 3.8) is 0 Å². The van der Waals surface area contributed by atoms with Crippen LogP contribution in [0.4, 0.5) is 21.5 Å². The van der Waals surface area contributed by atoms with E-state index in [9.17, 15) is 4.39 Å². The summed E-state index contributed by atoms with van der Waals surface area (Å²) < 4.78 is 13.3. The molecule has 0 fully saturated rings. The molecule has 0 saturated heterocycles. The summed E-state index contributed by atoms with van der Waals surface area (Å²) in [6.07, 6.45) is 2.04. The van der Waals surface area contributed by atoms with E-state index in [1.807, 2.05) is 12.1 Å². The first-order valence-corrected chi connectivity index (χ1v) is 7.54. The van der Waals surface area contributed by atoms with Crippen LogP contribution in [0.15, 0.2) is 72.8 Å². The van der Waals surface area contributed by atoms with Gasteiger partial charge in [0.05, 0.1) is 0 Å². The second kappa shape index (κ2) is 5.30. The lowest BCUT2D eigenvalue weighted by Gasteiger charge is -2.27. The summed E-state index contributed by atoms with van der Waals surface area (Å²) in [5, 5.41) is 0. The molecule has 0 aromatic heterocycles. The van der Waals surface area contributed by atoms with Gasteiger partial charge in [-0.2, -0.15) is 0 Å². The van der Waals surface area contributed by atoms with E-state index in [4.69, 9.17) is 0 Å². The third-order valence-electron chi connectivity index (χ3n) is 4.21. The minimum Gasteiger partial charge on any atom is -0.310 e. The summed E-state index contributed by atoms with van der Waals surface area (Å²) in [4.78, 5) is 2.23. The molecule has 0 unspecified atom stereocenters. The number of halogens is 1. The Morgan fingerprint density at radius 2 is 1.14 bits per heavy atom. The van der Waals surface area contributed by atoms with Gasteiger partial charge in [-0.05, 0) is 60.4 Å². The summed E-state index contributed by atoms with van der Waals surface area (Å²) in [6, 6.07) is 23.6. The summed E-state index contributed by atoms with van der Waals surface area (Å²) in [5.41, 5.74) is 5.99. The number of hydrogen-bond donors (Lipinski definition) is 0. The van der Waals surface area contributed by atoms with E-state index in [1.54, 1.807) is 0 Å². The fraction of sp³-hybridized carbons (Fsp3) is 0.100. The lowest BCUT2D eigenvalue weighted by Crippen LogP contribution is -2.11. The van der Waals surface area contributed by atoms with Crippen LogP contribution in [0.2, 0.25) is 0 Å². The third kappa shape index (κ3) is 2.17. The lowest BCUT2D eigenvalue weighted by atomic mass is 10.0. The molecule has 3 aromatic rings. The zero-order valence-corrected chi connectivity index (χ0v) is 12.2. The van der Waals surface area contributed by atoms with E-state index in [-0.39, 0.29) is 5.82 Å². The average molecular weight is 289 g/mol. The Kier molecular flexibility index (Phi) is 3.15. The zero-order valence-electron chi connectivity index (χ0n) is 12.2. The molecule has 1 nitrogen and oxygen atoms in total. The third-order valence-corrected chi connectivity index (χ3v) is 4.21. The van der Waals surface area contributed by atoms with Gasteiger partial charge in [0.2, 0.25) is 0 Å². The normalized spacial score (nSPS) is 13.2. The molecule has 0 aliphatic carbocycles. The van der Waals surface area contributed by atoms with Crippen LogP contribution < -0.4 is 4.90 Å². The minimum absolute atomic E-state index is 0.208. The Balaban J connectivity index is 1.96. The number of benzene rings is 3. The summed E-state index contributed by atoms with van der Waals surface area (Å²) in [7, 11) is 0. The van der Waals surface area contributed by atoms with Gasteiger partial charge in [0.1, 0.15) is 5.82 Å². The highest BCUT2D eigenvalue weighted by molar-refractivity contribution is 5.81. The van der Waals surface area contributed by atoms with Crippen molar-refractivity contribution in [3.05, 3.63) is 89.7 Å². The summed E-state index contributed by atoms with van der Waals surface area (Å²) in [6.45, 7) is 0. The van der Waals surface area contributed by atoms with Crippen molar-refractivity contribution in [2.45, 2.75) is 12.8 Å². The monoisotopic (exact) mass is 289 g/mol. The van der Waals surface area contributed by atoms with Gasteiger partial charge < -0.3 is 4.90 Å². The van der Waals surface area contributed by atoms with Crippen molar-refractivity contribution < 1.29 is 4.39 Å². The standard InChI is InChI=1S/C20H16FN/c21-17-11-13-18(14-12-17)22-19-7-3-1-5-15(19)9-10-16-6-2-4-8-20(16)22/h1-8,11-14H,9-10H2. The van der Waals surface area contributed by atoms with E-state index < -0.39 is 0 Å². The maximum absolute atomic E-state index is 13.3. The molecular formula is C20H16FN. The second-order valence-corrected chi connectivity index (χ2v) is 5.57. The van der Waals surface area contributed by atoms with Crippen LogP contribution in [0.5, 0.6) is 0 Å². The van der Waals surface area contributed by atoms with Gasteiger partial charge in [-0.25, -0.2) is 4.39 Å². The number of aryl methyl sites for hydroxylation is 2. The average Bonchev–Trinajstić information content (AvgIpc) is 2.73. The number of rotatable bonds is 1. The van der Waals surface area contributed by atoms with E-state index in [2.05, 4.69) is 53.4 Å². The van der Waals surface area contributed by atoms with Gasteiger partial charge in [-0.1, -0.05) is 36.4 Å². The fourth-order valence-corrected chi connectivity index (χ4v) is 3.15. The Morgan fingerprint density at radius 3 is 1.68 bits per heavy atom. The van der Waals surface area contributed by atoms with Gasteiger partial charge in [0, 0.05) is 17.1 Å². The highest BCUT2D eigenvalue weighted by Crippen LogP contribution is 2.41. The van der Waals surface area contributed by atoms with Crippen molar-refractivity contribution in [1.82, 2.24) is 0 Å². The molecule has 4 rings (SSSR count). The molecule has 22 heavy (non-hydrogen) atoms. The van der Waals surface area contributed by atoms with Crippen molar-refractivity contribution in [2.24, 2.45) is 0 Å². The molecule has 0 bridgehead atoms. The Labute approximate surface area is 129 Å². The molecule has 1 aliphatic heterocycles. The number of para-hydroxylation sites is 2. The predicted octanol–water partition coefficient (Wildman–Crippen LogP) is 5.39. The molecule has 0 atom stereocenters. The topological polar surface area (TPSA) is 3.24 Å². The molecule has 3 aromatic carbocycles. The molecule has 0 amide bonds. The molecule has 108 valence electrons. The number of fused-ring (bicyclic) bond motifs is 2. The van der Waals surface area contributed by atoms with Crippen LogP contribution in [0.25, 0.3) is 0 Å². The van der Waals surface area contributed by atoms with E-state index in [0.717, 1.165) is 18.5 Å². The highest BCUT2D eigenvalue weighted by atomic mass is 19.1. The smallest absolute Gasteiger partial charge is 0.123 e. The fourth-order valence-electron chi connectivity index (χ4n) is 3.15. The van der Waals surface area contributed by atoms with Crippen molar-refractivity contribution in [1.29, 1.82) is 0 Å². The molecule has 2 heteroatoms. The van der Waals surface area contributed by atoms with Crippen molar-refractivity contribution in [2.75, 3.05) is 4.90 Å². The Hall–Kier alpha value is -2.61. The van der Waals surface area contributed by atoms with Gasteiger partial charge in [-0.15, -0.1) is 0 Å². The van der Waals surface area contributed by atoms with Gasteiger partial charge in [0.25, 0.3) is 0 Å². The minimum atomic E-state index is -0.208. The molecule has 0 radical (unpaired) electrons. The first-order chi connectivity index (χ1) is 10.8. The van der Waals surface area contributed by atoms with Crippen molar-refractivity contribution in [3.8, 4) is 0 Å².